The Kier molecular flexibility index (Phi) is 3.99. The average molecular weight is 296 g/mol. The van der Waals surface area contributed by atoms with Crippen molar-refractivity contribution in [1.29, 1.82) is 0 Å². The van der Waals surface area contributed by atoms with Crippen LogP contribution in [0.25, 0.3) is 5.69 Å². The fourth-order valence-electron chi connectivity index (χ4n) is 1.61. The molecule has 0 fully saturated rings. The summed E-state index contributed by atoms with van der Waals surface area (Å²) >= 11 is 5.84. The van der Waals surface area contributed by atoms with Gasteiger partial charge >= 0.3 is 5.97 Å². The minimum atomic E-state index is -0.544. The molecule has 7 nitrogen and oxygen atoms in total. The molecule has 0 aliphatic carbocycles. The van der Waals surface area contributed by atoms with Crippen LogP contribution in [0.15, 0.2) is 30.6 Å². The molecule has 8 heteroatoms. The molecule has 1 aromatic heterocycles. The maximum absolute atomic E-state index is 11.5. The maximum atomic E-state index is 11.5. The lowest BCUT2D eigenvalue weighted by Gasteiger charge is -2.03. The van der Waals surface area contributed by atoms with Crippen molar-refractivity contribution in [1.82, 2.24) is 9.78 Å². The van der Waals surface area contributed by atoms with Gasteiger partial charge in [0.05, 0.1) is 23.3 Å². The second kappa shape index (κ2) is 5.70. The molecule has 0 N–H and O–H groups in total. The van der Waals surface area contributed by atoms with E-state index in [1.54, 1.807) is 6.92 Å². The standard InChI is InChI=1S/C12H10ClN3O4/c1-2-20-12(17)8-6-14-15(7-8)11-5-9(13)3-4-10(11)16(18)19/h3-7H,2H2,1H3. The SMILES string of the molecule is CCOC(=O)c1cnn(-c2cc(Cl)ccc2[N+](=O)[O-])c1. The van der Waals surface area contributed by atoms with Gasteiger partial charge in [0.2, 0.25) is 0 Å². The van der Waals surface area contributed by atoms with Gasteiger partial charge in [-0.1, -0.05) is 11.6 Å². The Bertz CT molecular complexity index is 668. The van der Waals surface area contributed by atoms with E-state index in [4.69, 9.17) is 16.3 Å². The van der Waals surface area contributed by atoms with E-state index >= 15 is 0 Å². The van der Waals surface area contributed by atoms with Crippen LogP contribution in [0.2, 0.25) is 5.02 Å². The number of nitrogens with zero attached hydrogens (tertiary/aromatic N) is 3. The average Bonchev–Trinajstić information content (AvgIpc) is 2.88. The molecular weight excluding hydrogens is 286 g/mol. The predicted octanol–water partition coefficient (Wildman–Crippen LogP) is 2.61. The molecule has 1 heterocycles. The van der Waals surface area contributed by atoms with E-state index in [1.165, 1.54) is 35.3 Å². The van der Waals surface area contributed by atoms with Crippen molar-refractivity contribution in [2.24, 2.45) is 0 Å². The van der Waals surface area contributed by atoms with Crippen LogP contribution >= 0.6 is 11.6 Å². The molecule has 1 aromatic carbocycles. The Labute approximate surface area is 118 Å². The first-order valence-corrected chi connectivity index (χ1v) is 6.07. The van der Waals surface area contributed by atoms with Gasteiger partial charge in [0.15, 0.2) is 0 Å². The zero-order valence-corrected chi connectivity index (χ0v) is 11.2. The molecule has 0 atom stereocenters. The third kappa shape index (κ3) is 2.77. The molecule has 2 rings (SSSR count). The Morgan fingerprint density at radius 2 is 2.30 bits per heavy atom. The van der Waals surface area contributed by atoms with Crippen molar-refractivity contribution in [3.8, 4) is 5.69 Å². The van der Waals surface area contributed by atoms with Crippen LogP contribution in [0.3, 0.4) is 0 Å². The summed E-state index contributed by atoms with van der Waals surface area (Å²) in [4.78, 5) is 22.0. The third-order valence-corrected chi connectivity index (χ3v) is 2.71. The molecule has 2 aromatic rings. The van der Waals surface area contributed by atoms with Crippen molar-refractivity contribution < 1.29 is 14.5 Å². The van der Waals surface area contributed by atoms with Crippen LogP contribution in [0, 0.1) is 10.1 Å². The van der Waals surface area contributed by atoms with E-state index in [0.29, 0.717) is 5.02 Å². The lowest BCUT2D eigenvalue weighted by atomic mass is 10.2. The summed E-state index contributed by atoms with van der Waals surface area (Å²) in [6.07, 6.45) is 2.64. The van der Waals surface area contributed by atoms with E-state index in [9.17, 15) is 14.9 Å². The smallest absolute Gasteiger partial charge is 0.341 e. The number of benzene rings is 1. The van der Waals surface area contributed by atoms with Gasteiger partial charge in [-0.05, 0) is 19.1 Å². The molecule has 0 radical (unpaired) electrons. The number of esters is 1. The molecule has 0 aliphatic heterocycles. The number of ether oxygens (including phenoxy) is 1. The molecule has 0 saturated carbocycles. The summed E-state index contributed by atoms with van der Waals surface area (Å²) in [5, 5.41) is 15.2. The fraction of sp³-hybridized carbons (Fsp3) is 0.167. The number of nitro benzene ring substituents is 1. The molecule has 0 saturated heterocycles. The van der Waals surface area contributed by atoms with E-state index in [0.717, 1.165) is 0 Å². The number of aromatic nitrogens is 2. The number of hydrogen-bond acceptors (Lipinski definition) is 5. The van der Waals surface area contributed by atoms with Crippen molar-refractivity contribution in [3.05, 3.63) is 51.3 Å². The summed E-state index contributed by atoms with van der Waals surface area (Å²) < 4.78 is 6.04. The van der Waals surface area contributed by atoms with Crippen molar-refractivity contribution in [2.45, 2.75) is 6.92 Å². The third-order valence-electron chi connectivity index (χ3n) is 2.47. The highest BCUT2D eigenvalue weighted by Gasteiger charge is 2.18. The number of carbonyl (C=O) groups excluding carboxylic acids is 1. The minimum Gasteiger partial charge on any atom is -0.462 e. The zero-order chi connectivity index (χ0) is 14.7. The first kappa shape index (κ1) is 14.0. The number of hydrogen-bond donors (Lipinski definition) is 0. The molecule has 0 spiro atoms. The second-order valence-corrected chi connectivity index (χ2v) is 4.22. The number of rotatable bonds is 4. The maximum Gasteiger partial charge on any atom is 0.341 e. The van der Waals surface area contributed by atoms with Gasteiger partial charge in [-0.25, -0.2) is 9.48 Å². The van der Waals surface area contributed by atoms with Crippen LogP contribution in [0.1, 0.15) is 17.3 Å². The number of nitro groups is 1. The highest BCUT2D eigenvalue weighted by Crippen LogP contribution is 2.26. The summed E-state index contributed by atoms with van der Waals surface area (Å²) in [6.45, 7) is 1.92. The Hall–Kier alpha value is -2.41. The lowest BCUT2D eigenvalue weighted by molar-refractivity contribution is -0.384. The van der Waals surface area contributed by atoms with Crippen LogP contribution in [0.5, 0.6) is 0 Å². The summed E-state index contributed by atoms with van der Waals surface area (Å²) in [5.41, 5.74) is 0.229. The lowest BCUT2D eigenvalue weighted by Crippen LogP contribution is -2.03. The van der Waals surface area contributed by atoms with Gasteiger partial charge in [-0.15, -0.1) is 0 Å². The molecule has 0 unspecified atom stereocenters. The summed E-state index contributed by atoms with van der Waals surface area (Å²) in [6, 6.07) is 4.10. The second-order valence-electron chi connectivity index (χ2n) is 3.78. The minimum absolute atomic E-state index is 0.159. The van der Waals surface area contributed by atoms with Crippen LogP contribution in [0.4, 0.5) is 5.69 Å². The van der Waals surface area contributed by atoms with Crippen molar-refractivity contribution in [2.75, 3.05) is 6.61 Å². The largest absolute Gasteiger partial charge is 0.462 e. The Balaban J connectivity index is 2.44. The number of halogens is 1. The molecule has 20 heavy (non-hydrogen) atoms. The van der Waals surface area contributed by atoms with E-state index in [2.05, 4.69) is 5.10 Å². The van der Waals surface area contributed by atoms with E-state index < -0.39 is 10.9 Å². The van der Waals surface area contributed by atoms with Gasteiger partial charge in [-0.3, -0.25) is 10.1 Å². The van der Waals surface area contributed by atoms with Gasteiger partial charge in [0, 0.05) is 17.3 Å². The van der Waals surface area contributed by atoms with Gasteiger partial charge in [0.25, 0.3) is 5.69 Å². The number of carbonyl (C=O) groups is 1. The first-order chi connectivity index (χ1) is 9.52. The van der Waals surface area contributed by atoms with Crippen LogP contribution in [-0.2, 0) is 4.74 Å². The molecular formula is C12H10ClN3O4. The topological polar surface area (TPSA) is 87.3 Å². The quantitative estimate of drug-likeness (QED) is 0.491. The van der Waals surface area contributed by atoms with Crippen LogP contribution in [-0.4, -0.2) is 27.3 Å². The van der Waals surface area contributed by atoms with Crippen molar-refractivity contribution >= 4 is 23.3 Å². The summed E-state index contributed by atoms with van der Waals surface area (Å²) in [7, 11) is 0. The normalized spacial score (nSPS) is 10.3. The highest BCUT2D eigenvalue weighted by molar-refractivity contribution is 6.30. The van der Waals surface area contributed by atoms with Gasteiger partial charge in [-0.2, -0.15) is 5.10 Å². The Morgan fingerprint density at radius 1 is 1.55 bits per heavy atom. The van der Waals surface area contributed by atoms with Crippen molar-refractivity contribution in [3.63, 3.8) is 0 Å². The van der Waals surface area contributed by atoms with E-state index in [-0.39, 0.29) is 23.5 Å². The zero-order valence-electron chi connectivity index (χ0n) is 10.4. The Morgan fingerprint density at radius 3 is 2.95 bits per heavy atom. The van der Waals surface area contributed by atoms with Gasteiger partial charge in [0.1, 0.15) is 5.69 Å². The summed E-state index contributed by atoms with van der Waals surface area (Å²) in [5.74, 6) is -0.538. The van der Waals surface area contributed by atoms with Crippen LogP contribution < -0.4 is 0 Å². The fourth-order valence-corrected chi connectivity index (χ4v) is 1.78. The predicted molar refractivity (Wildman–Crippen MR) is 71.2 cm³/mol. The first-order valence-electron chi connectivity index (χ1n) is 5.69. The molecule has 0 amide bonds. The molecule has 104 valence electrons. The molecule has 0 bridgehead atoms. The monoisotopic (exact) mass is 295 g/mol. The molecule has 0 aliphatic rings. The highest BCUT2D eigenvalue weighted by atomic mass is 35.5. The van der Waals surface area contributed by atoms with Gasteiger partial charge < -0.3 is 4.74 Å². The van der Waals surface area contributed by atoms with E-state index in [1.807, 2.05) is 0 Å².